The molecule has 1 heterocycles. The van der Waals surface area contributed by atoms with Crippen molar-refractivity contribution in [2.24, 2.45) is 0 Å². The zero-order valence-corrected chi connectivity index (χ0v) is 16.4. The van der Waals surface area contributed by atoms with Crippen molar-refractivity contribution in [2.75, 3.05) is 31.9 Å². The van der Waals surface area contributed by atoms with E-state index in [0.717, 1.165) is 5.56 Å². The average Bonchev–Trinajstić information content (AvgIpc) is 2.67. The van der Waals surface area contributed by atoms with Gasteiger partial charge in [0.05, 0.1) is 17.4 Å². The summed E-state index contributed by atoms with van der Waals surface area (Å²) >= 11 is 1.52. The molecule has 1 fully saturated rings. The maximum atomic E-state index is 12.3. The number of piperazine rings is 1. The Labute approximate surface area is 163 Å². The number of carbonyl (C=O) groups is 3. The Kier molecular flexibility index (Phi) is 7.67. The molecule has 144 valence electrons. The minimum absolute atomic E-state index is 0.0346. The molecule has 0 aromatic heterocycles. The molecule has 3 amide bonds. The van der Waals surface area contributed by atoms with Crippen LogP contribution in [0.5, 0.6) is 0 Å². The molecule has 1 aliphatic heterocycles. The Bertz CT molecular complexity index is 719. The molecule has 1 aliphatic rings. The van der Waals surface area contributed by atoms with Gasteiger partial charge in [-0.05, 0) is 31.5 Å². The summed E-state index contributed by atoms with van der Waals surface area (Å²) in [6.45, 7) is 5.23. The van der Waals surface area contributed by atoms with Gasteiger partial charge in [-0.2, -0.15) is 5.26 Å². The molecular formula is C19H24N4O3S. The van der Waals surface area contributed by atoms with E-state index in [2.05, 4.69) is 11.4 Å². The molecule has 1 aromatic rings. The van der Waals surface area contributed by atoms with E-state index in [1.165, 1.54) is 16.7 Å². The molecule has 1 saturated heterocycles. The number of nitrogens with one attached hydrogen (secondary N) is 1. The molecule has 7 nitrogen and oxygen atoms in total. The second-order valence-electron chi connectivity index (χ2n) is 6.60. The van der Waals surface area contributed by atoms with Crippen LogP contribution in [0.25, 0.3) is 0 Å². The number of rotatable bonds is 5. The number of carbonyl (C=O) groups excluding carboxylic acids is 3. The Morgan fingerprint density at radius 3 is 2.26 bits per heavy atom. The monoisotopic (exact) mass is 388 g/mol. The number of hydrogen-bond donors (Lipinski definition) is 1. The van der Waals surface area contributed by atoms with Gasteiger partial charge in [-0.3, -0.25) is 14.4 Å². The summed E-state index contributed by atoms with van der Waals surface area (Å²) in [4.78, 5) is 39.4. The largest absolute Gasteiger partial charge is 0.346 e. The highest BCUT2D eigenvalue weighted by atomic mass is 32.2. The third-order valence-corrected chi connectivity index (χ3v) is 5.10. The number of thioether (sulfide) groups is 1. The number of nitriles is 1. The van der Waals surface area contributed by atoms with Gasteiger partial charge >= 0.3 is 11.8 Å². The molecule has 2 rings (SSSR count). The molecule has 0 radical (unpaired) electrons. The van der Waals surface area contributed by atoms with Gasteiger partial charge in [-0.1, -0.05) is 12.1 Å². The van der Waals surface area contributed by atoms with Gasteiger partial charge in [-0.15, -0.1) is 11.8 Å². The van der Waals surface area contributed by atoms with Crippen LogP contribution < -0.4 is 5.32 Å². The maximum Gasteiger partial charge on any atom is 0.312 e. The normalized spacial score (nSPS) is 14.0. The van der Waals surface area contributed by atoms with Gasteiger partial charge in [-0.25, -0.2) is 0 Å². The van der Waals surface area contributed by atoms with Crippen molar-refractivity contribution in [3.8, 4) is 6.07 Å². The molecule has 0 spiro atoms. The fourth-order valence-electron chi connectivity index (χ4n) is 2.65. The average molecular weight is 388 g/mol. The summed E-state index contributed by atoms with van der Waals surface area (Å²) in [7, 11) is 0. The molecule has 0 aliphatic carbocycles. The predicted molar refractivity (Wildman–Crippen MR) is 104 cm³/mol. The van der Waals surface area contributed by atoms with E-state index in [-0.39, 0.29) is 11.9 Å². The smallest absolute Gasteiger partial charge is 0.312 e. The highest BCUT2D eigenvalue weighted by Crippen LogP contribution is 2.14. The van der Waals surface area contributed by atoms with E-state index in [1.807, 2.05) is 12.1 Å². The summed E-state index contributed by atoms with van der Waals surface area (Å²) in [6.07, 6.45) is 0. The first-order chi connectivity index (χ1) is 12.9. The van der Waals surface area contributed by atoms with Gasteiger partial charge in [0.2, 0.25) is 5.91 Å². The number of nitrogens with zero attached hydrogens (tertiary/aromatic N) is 3. The lowest BCUT2D eigenvalue weighted by Gasteiger charge is -2.34. The molecule has 8 heteroatoms. The highest BCUT2D eigenvalue weighted by molar-refractivity contribution is 7.99. The fraction of sp³-hybridized carbons (Fsp3) is 0.474. The van der Waals surface area contributed by atoms with Crippen LogP contribution in [0.4, 0.5) is 0 Å². The van der Waals surface area contributed by atoms with Crippen molar-refractivity contribution in [1.29, 1.82) is 5.26 Å². The van der Waals surface area contributed by atoms with Crippen molar-refractivity contribution in [3.05, 3.63) is 35.4 Å². The van der Waals surface area contributed by atoms with Gasteiger partial charge in [0.15, 0.2) is 0 Å². The first-order valence-electron chi connectivity index (χ1n) is 8.85. The van der Waals surface area contributed by atoms with Crippen molar-refractivity contribution in [3.63, 3.8) is 0 Å². The van der Waals surface area contributed by atoms with Crippen LogP contribution in [0.3, 0.4) is 0 Å². The van der Waals surface area contributed by atoms with Gasteiger partial charge in [0, 0.05) is 38.0 Å². The lowest BCUT2D eigenvalue weighted by atomic mass is 10.2. The molecule has 0 saturated carbocycles. The van der Waals surface area contributed by atoms with Crippen LogP contribution in [0.15, 0.2) is 24.3 Å². The Morgan fingerprint density at radius 1 is 1.11 bits per heavy atom. The minimum atomic E-state index is -0.595. The standard InChI is InChI=1S/C19H24N4O3S/c1-14(2)21-18(25)19(26)23-9-7-22(8-10-23)17(24)13-27-12-16-5-3-15(11-20)4-6-16/h3-6,14H,7-10,12-13H2,1-2H3,(H,21,25). The third-order valence-electron chi connectivity index (χ3n) is 4.11. The number of amides is 3. The van der Waals surface area contributed by atoms with E-state index in [1.54, 1.807) is 30.9 Å². The molecule has 1 aromatic carbocycles. The Hall–Kier alpha value is -2.53. The second-order valence-corrected chi connectivity index (χ2v) is 7.59. The van der Waals surface area contributed by atoms with Crippen LogP contribution >= 0.6 is 11.8 Å². The molecule has 0 atom stereocenters. The summed E-state index contributed by atoms with van der Waals surface area (Å²) in [6, 6.07) is 9.31. The van der Waals surface area contributed by atoms with Gasteiger partial charge < -0.3 is 15.1 Å². The number of benzene rings is 1. The summed E-state index contributed by atoms with van der Waals surface area (Å²) in [5.74, 6) is -0.0336. The maximum absolute atomic E-state index is 12.3. The second kappa shape index (κ2) is 9.97. The highest BCUT2D eigenvalue weighted by Gasteiger charge is 2.27. The summed E-state index contributed by atoms with van der Waals surface area (Å²) in [5.41, 5.74) is 1.69. The SMILES string of the molecule is CC(C)NC(=O)C(=O)N1CCN(C(=O)CSCc2ccc(C#N)cc2)CC1. The zero-order chi connectivity index (χ0) is 19.8. The molecular weight excluding hydrogens is 364 g/mol. The van der Waals surface area contributed by atoms with Crippen LogP contribution in [0.1, 0.15) is 25.0 Å². The van der Waals surface area contributed by atoms with Crippen molar-refractivity contribution < 1.29 is 14.4 Å². The first kappa shape index (κ1) is 20.8. The molecule has 0 bridgehead atoms. The third kappa shape index (κ3) is 6.29. The zero-order valence-electron chi connectivity index (χ0n) is 15.6. The summed E-state index contributed by atoms with van der Waals surface area (Å²) in [5, 5.41) is 11.4. The first-order valence-corrected chi connectivity index (χ1v) is 10.0. The quantitative estimate of drug-likeness (QED) is 0.759. The van der Waals surface area contributed by atoms with E-state index in [0.29, 0.717) is 43.2 Å². The molecule has 27 heavy (non-hydrogen) atoms. The minimum Gasteiger partial charge on any atom is -0.346 e. The van der Waals surface area contributed by atoms with Crippen LogP contribution in [0.2, 0.25) is 0 Å². The van der Waals surface area contributed by atoms with Crippen molar-refractivity contribution >= 4 is 29.5 Å². The van der Waals surface area contributed by atoms with Crippen LogP contribution in [-0.2, 0) is 20.1 Å². The Balaban J connectivity index is 1.72. The van der Waals surface area contributed by atoms with E-state index >= 15 is 0 Å². The predicted octanol–water partition coefficient (Wildman–Crippen LogP) is 0.987. The molecule has 1 N–H and O–H groups in total. The van der Waals surface area contributed by atoms with Crippen molar-refractivity contribution in [1.82, 2.24) is 15.1 Å². The van der Waals surface area contributed by atoms with Gasteiger partial charge in [0.1, 0.15) is 0 Å². The van der Waals surface area contributed by atoms with Crippen LogP contribution in [-0.4, -0.2) is 65.5 Å². The summed E-state index contributed by atoms with van der Waals surface area (Å²) < 4.78 is 0. The van der Waals surface area contributed by atoms with E-state index in [4.69, 9.17) is 5.26 Å². The lowest BCUT2D eigenvalue weighted by Crippen LogP contribution is -2.54. The topological polar surface area (TPSA) is 93.5 Å². The van der Waals surface area contributed by atoms with E-state index in [9.17, 15) is 14.4 Å². The van der Waals surface area contributed by atoms with Gasteiger partial charge in [0.25, 0.3) is 0 Å². The van der Waals surface area contributed by atoms with Crippen molar-refractivity contribution in [2.45, 2.75) is 25.6 Å². The van der Waals surface area contributed by atoms with E-state index < -0.39 is 11.8 Å². The Morgan fingerprint density at radius 2 is 1.70 bits per heavy atom. The lowest BCUT2D eigenvalue weighted by molar-refractivity contribution is -0.148. The molecule has 0 unspecified atom stereocenters. The number of hydrogen-bond acceptors (Lipinski definition) is 5. The fourth-order valence-corrected chi connectivity index (χ4v) is 3.54. The van der Waals surface area contributed by atoms with Crippen LogP contribution in [0, 0.1) is 11.3 Å².